The van der Waals surface area contributed by atoms with Crippen molar-refractivity contribution < 1.29 is 14.7 Å². The number of aromatic nitrogens is 2. The van der Waals surface area contributed by atoms with Gasteiger partial charge in [-0.1, -0.05) is 30.3 Å². The fraction of sp³-hybridized carbons (Fsp3) is 0.182. The van der Waals surface area contributed by atoms with E-state index in [1.165, 1.54) is 0 Å². The molecule has 3 aromatic rings. The average Bonchev–Trinajstić information content (AvgIpc) is 3.18. The number of nitrogens with two attached hydrogens (primary N) is 1. The van der Waals surface area contributed by atoms with Crippen LogP contribution < -0.4 is 5.90 Å². The molecule has 0 radical (unpaired) electrons. The van der Waals surface area contributed by atoms with Gasteiger partial charge in [0, 0.05) is 24.7 Å². The highest BCUT2D eigenvalue weighted by molar-refractivity contribution is 6.02. The Morgan fingerprint density at radius 2 is 2.07 bits per heavy atom. The second-order valence-electron chi connectivity index (χ2n) is 7.05. The minimum Gasteiger partial charge on any atom is -0.389 e. The Balaban J connectivity index is 1.53. The third-order valence-corrected chi connectivity index (χ3v) is 4.98. The summed E-state index contributed by atoms with van der Waals surface area (Å²) < 4.78 is 1.73. The van der Waals surface area contributed by atoms with Crippen LogP contribution in [0, 0.1) is 0 Å². The molecule has 1 aliphatic rings. The Morgan fingerprint density at radius 1 is 1.28 bits per heavy atom. The molecule has 0 fully saturated rings. The number of hydrogen-bond acceptors (Lipinski definition) is 6. The van der Waals surface area contributed by atoms with Gasteiger partial charge in [-0.3, -0.25) is 0 Å². The van der Waals surface area contributed by atoms with E-state index in [1.807, 2.05) is 54.9 Å². The highest BCUT2D eigenvalue weighted by Gasteiger charge is 2.15. The molecule has 0 aliphatic carbocycles. The van der Waals surface area contributed by atoms with Crippen LogP contribution in [0.4, 0.5) is 0 Å². The summed E-state index contributed by atoms with van der Waals surface area (Å²) in [6.07, 6.45) is 7.36. The van der Waals surface area contributed by atoms with E-state index in [1.54, 1.807) is 23.7 Å². The molecule has 0 saturated heterocycles. The Labute approximate surface area is 168 Å². The maximum absolute atomic E-state index is 11.8. The van der Waals surface area contributed by atoms with Crippen LogP contribution in [0.25, 0.3) is 16.6 Å². The number of nitrogens with zero attached hydrogens (tertiary/aromatic N) is 3. The van der Waals surface area contributed by atoms with Crippen molar-refractivity contribution in [3.63, 3.8) is 0 Å². The standard InChI is InChI=1S/C22H22N4O3/c1-15(27)17-5-3-11-25(13-17)12-16-7-9-19(10-8-16)26-14-18-4-2-6-20(21(18)24-26)22(28)29-23/h2-11,14-15,27H,12-13,23H2,1H3. The average molecular weight is 390 g/mol. The molecule has 7 nitrogen and oxygen atoms in total. The first kappa shape index (κ1) is 18.9. The van der Waals surface area contributed by atoms with Gasteiger partial charge in [0.15, 0.2) is 0 Å². The molecule has 1 unspecified atom stereocenters. The van der Waals surface area contributed by atoms with Gasteiger partial charge in [-0.15, -0.1) is 0 Å². The summed E-state index contributed by atoms with van der Waals surface area (Å²) in [4.78, 5) is 18.4. The Hall–Kier alpha value is -3.42. The second-order valence-corrected chi connectivity index (χ2v) is 7.05. The molecule has 29 heavy (non-hydrogen) atoms. The zero-order chi connectivity index (χ0) is 20.4. The van der Waals surface area contributed by atoms with Gasteiger partial charge in [0.1, 0.15) is 5.52 Å². The molecule has 148 valence electrons. The molecule has 0 saturated carbocycles. The van der Waals surface area contributed by atoms with Crippen LogP contribution in [0.15, 0.2) is 72.6 Å². The summed E-state index contributed by atoms with van der Waals surface area (Å²) >= 11 is 0. The fourth-order valence-corrected chi connectivity index (χ4v) is 3.40. The van der Waals surface area contributed by atoms with Gasteiger partial charge in [0.2, 0.25) is 0 Å². The molecule has 1 atom stereocenters. The van der Waals surface area contributed by atoms with Crippen molar-refractivity contribution >= 4 is 16.9 Å². The number of allylic oxidation sites excluding steroid dienone is 2. The van der Waals surface area contributed by atoms with Gasteiger partial charge in [-0.05, 0) is 48.5 Å². The topological polar surface area (TPSA) is 93.6 Å². The third-order valence-electron chi connectivity index (χ3n) is 4.98. The van der Waals surface area contributed by atoms with Crippen molar-refractivity contribution in [2.24, 2.45) is 5.90 Å². The number of carbonyl (C=O) groups excluding carboxylic acids is 1. The zero-order valence-corrected chi connectivity index (χ0v) is 16.0. The smallest absolute Gasteiger partial charge is 0.358 e. The molecule has 0 amide bonds. The van der Waals surface area contributed by atoms with E-state index in [0.29, 0.717) is 17.6 Å². The SMILES string of the molecule is CC(O)C1=CC=CN(Cc2ccc(-n3cc4cccc(C(=O)ON)c4n3)cc2)C1. The lowest BCUT2D eigenvalue weighted by atomic mass is 10.1. The molecular formula is C22H22N4O3. The zero-order valence-electron chi connectivity index (χ0n) is 16.0. The summed E-state index contributed by atoms with van der Waals surface area (Å²) in [5, 5.41) is 15.1. The van der Waals surface area contributed by atoms with Crippen molar-refractivity contribution in [2.75, 3.05) is 6.54 Å². The van der Waals surface area contributed by atoms with Crippen molar-refractivity contribution in [1.82, 2.24) is 14.7 Å². The highest BCUT2D eigenvalue weighted by atomic mass is 16.7. The van der Waals surface area contributed by atoms with Crippen LogP contribution in [-0.2, 0) is 11.4 Å². The quantitative estimate of drug-likeness (QED) is 0.651. The molecule has 3 N–H and O–H groups in total. The lowest BCUT2D eigenvalue weighted by molar-refractivity contribution is 0.0505. The highest BCUT2D eigenvalue weighted by Crippen LogP contribution is 2.21. The number of fused-ring (bicyclic) bond motifs is 1. The van der Waals surface area contributed by atoms with Gasteiger partial charge < -0.3 is 14.8 Å². The van der Waals surface area contributed by atoms with Crippen molar-refractivity contribution in [1.29, 1.82) is 0 Å². The molecule has 1 aliphatic heterocycles. The van der Waals surface area contributed by atoms with Crippen molar-refractivity contribution in [2.45, 2.75) is 19.6 Å². The molecule has 7 heteroatoms. The number of rotatable bonds is 5. The first-order chi connectivity index (χ1) is 14.0. The molecule has 4 rings (SSSR count). The number of benzene rings is 2. The van der Waals surface area contributed by atoms with Gasteiger partial charge in [0.25, 0.3) is 0 Å². The van der Waals surface area contributed by atoms with E-state index >= 15 is 0 Å². The van der Waals surface area contributed by atoms with E-state index in [4.69, 9.17) is 5.90 Å². The minimum atomic E-state index is -0.614. The van der Waals surface area contributed by atoms with Crippen LogP contribution in [0.1, 0.15) is 22.8 Å². The summed E-state index contributed by atoms with van der Waals surface area (Å²) in [7, 11) is 0. The Bertz CT molecular complexity index is 1100. The Morgan fingerprint density at radius 3 is 2.79 bits per heavy atom. The van der Waals surface area contributed by atoms with E-state index in [0.717, 1.165) is 28.8 Å². The van der Waals surface area contributed by atoms with Crippen LogP contribution in [0.2, 0.25) is 0 Å². The van der Waals surface area contributed by atoms with Crippen LogP contribution >= 0.6 is 0 Å². The van der Waals surface area contributed by atoms with E-state index in [2.05, 4.69) is 14.8 Å². The monoisotopic (exact) mass is 390 g/mol. The third kappa shape index (κ3) is 3.91. The fourth-order valence-electron chi connectivity index (χ4n) is 3.40. The lowest BCUT2D eigenvalue weighted by Gasteiger charge is -2.26. The van der Waals surface area contributed by atoms with Crippen LogP contribution in [0.3, 0.4) is 0 Å². The summed E-state index contributed by atoms with van der Waals surface area (Å²) in [6, 6.07) is 13.4. The van der Waals surface area contributed by atoms with E-state index in [-0.39, 0.29) is 0 Å². The van der Waals surface area contributed by atoms with Crippen molar-refractivity contribution in [3.8, 4) is 5.69 Å². The van der Waals surface area contributed by atoms with Gasteiger partial charge >= 0.3 is 5.97 Å². The van der Waals surface area contributed by atoms with E-state index in [9.17, 15) is 9.90 Å². The second kappa shape index (κ2) is 7.90. The molecule has 2 aromatic carbocycles. The molecule has 2 heterocycles. The minimum absolute atomic E-state index is 0.333. The normalized spacial score (nSPS) is 14.7. The Kier molecular flexibility index (Phi) is 5.16. The summed E-state index contributed by atoms with van der Waals surface area (Å²) in [5.74, 6) is 4.41. The predicted molar refractivity (Wildman–Crippen MR) is 110 cm³/mol. The molecule has 0 spiro atoms. The summed E-state index contributed by atoms with van der Waals surface area (Å²) in [5.41, 5.74) is 3.91. The largest absolute Gasteiger partial charge is 0.389 e. The van der Waals surface area contributed by atoms with E-state index < -0.39 is 12.1 Å². The molecule has 0 bridgehead atoms. The van der Waals surface area contributed by atoms with Gasteiger partial charge in [-0.25, -0.2) is 9.48 Å². The molecular weight excluding hydrogens is 368 g/mol. The van der Waals surface area contributed by atoms with Crippen LogP contribution in [0.5, 0.6) is 0 Å². The lowest BCUT2D eigenvalue weighted by Crippen LogP contribution is -2.25. The number of aliphatic hydroxyl groups excluding tert-OH is 1. The summed E-state index contributed by atoms with van der Waals surface area (Å²) in [6.45, 7) is 3.24. The number of carbonyl (C=O) groups is 1. The van der Waals surface area contributed by atoms with Crippen molar-refractivity contribution in [3.05, 3.63) is 83.7 Å². The number of hydrogen-bond donors (Lipinski definition) is 2. The maximum Gasteiger partial charge on any atom is 0.358 e. The maximum atomic E-state index is 11.8. The van der Waals surface area contributed by atoms with Crippen LogP contribution in [-0.4, -0.2) is 38.4 Å². The predicted octanol–water partition coefficient (Wildman–Crippen LogP) is 2.69. The first-order valence-electron chi connectivity index (χ1n) is 9.33. The first-order valence-corrected chi connectivity index (χ1v) is 9.33. The number of aliphatic hydroxyl groups is 1. The molecule has 1 aromatic heterocycles. The van der Waals surface area contributed by atoms with Gasteiger partial charge in [0.05, 0.1) is 17.4 Å². The van der Waals surface area contributed by atoms with Gasteiger partial charge in [-0.2, -0.15) is 11.0 Å².